The van der Waals surface area contributed by atoms with E-state index in [9.17, 15) is 9.59 Å². The molecule has 0 fully saturated rings. The molecule has 7 nitrogen and oxygen atoms in total. The van der Waals surface area contributed by atoms with Crippen molar-refractivity contribution in [2.75, 3.05) is 26.0 Å². The van der Waals surface area contributed by atoms with Crippen molar-refractivity contribution in [3.63, 3.8) is 0 Å². The molecule has 1 unspecified atom stereocenters. The largest absolute Gasteiger partial charge is 0.465 e. The first-order chi connectivity index (χ1) is 16.4. The number of thiophene rings is 1. The zero-order chi connectivity index (χ0) is 24.0. The van der Waals surface area contributed by atoms with E-state index in [2.05, 4.69) is 41.0 Å². The van der Waals surface area contributed by atoms with E-state index in [1.807, 2.05) is 22.3 Å². The highest BCUT2D eigenvalue weighted by Gasteiger charge is 2.35. The summed E-state index contributed by atoms with van der Waals surface area (Å²) in [5.74, 6) is -0.526. The van der Waals surface area contributed by atoms with Gasteiger partial charge in [-0.2, -0.15) is 0 Å². The molecule has 9 heteroatoms. The van der Waals surface area contributed by atoms with Crippen LogP contribution in [0.4, 0.5) is 10.5 Å². The van der Waals surface area contributed by atoms with E-state index in [4.69, 9.17) is 16.3 Å². The molecule has 5 rings (SSSR count). The van der Waals surface area contributed by atoms with Gasteiger partial charge in [0.05, 0.1) is 30.9 Å². The summed E-state index contributed by atoms with van der Waals surface area (Å²) in [5, 5.41) is 4.58. The van der Waals surface area contributed by atoms with E-state index in [0.717, 1.165) is 31.6 Å². The minimum atomic E-state index is -0.526. The number of benzene rings is 1. The predicted octanol–water partition coefficient (Wildman–Crippen LogP) is 5.47. The predicted molar refractivity (Wildman–Crippen MR) is 134 cm³/mol. The van der Waals surface area contributed by atoms with Crippen LogP contribution in [0.3, 0.4) is 0 Å². The molecular formula is C25H27ClN4O3S. The Hall–Kier alpha value is -2.81. The van der Waals surface area contributed by atoms with Crippen molar-refractivity contribution in [2.24, 2.45) is 0 Å². The van der Waals surface area contributed by atoms with Gasteiger partial charge in [-0.15, -0.1) is 11.3 Å². The van der Waals surface area contributed by atoms with Gasteiger partial charge in [0.2, 0.25) is 0 Å². The second kappa shape index (κ2) is 9.09. The number of esters is 1. The molecule has 178 valence electrons. The molecule has 1 N–H and O–H groups in total. The van der Waals surface area contributed by atoms with Gasteiger partial charge in [-0.25, -0.2) is 9.59 Å². The van der Waals surface area contributed by atoms with Gasteiger partial charge in [0, 0.05) is 40.4 Å². The monoisotopic (exact) mass is 498 g/mol. The molecule has 34 heavy (non-hydrogen) atoms. The molecule has 2 aromatic heterocycles. The number of carbonyl (C=O) groups excluding carboxylic acids is 2. The number of hydrogen-bond donors (Lipinski definition) is 1. The van der Waals surface area contributed by atoms with E-state index in [0.29, 0.717) is 17.3 Å². The molecule has 2 amide bonds. The van der Waals surface area contributed by atoms with Crippen LogP contribution >= 0.6 is 22.9 Å². The van der Waals surface area contributed by atoms with Crippen LogP contribution in [0.15, 0.2) is 36.5 Å². The number of rotatable bonds is 3. The highest BCUT2D eigenvalue weighted by Crippen LogP contribution is 2.42. The molecule has 2 aliphatic rings. The first-order valence-electron chi connectivity index (χ1n) is 11.4. The molecule has 3 aromatic rings. The lowest BCUT2D eigenvalue weighted by atomic mass is 10.0. The van der Waals surface area contributed by atoms with Crippen LogP contribution in [0, 0.1) is 0 Å². The lowest BCUT2D eigenvalue weighted by molar-refractivity contribution is 0.0602. The van der Waals surface area contributed by atoms with Crippen LogP contribution in [0.2, 0.25) is 5.02 Å². The van der Waals surface area contributed by atoms with Gasteiger partial charge in [0.15, 0.2) is 0 Å². The number of aromatic nitrogens is 1. The maximum absolute atomic E-state index is 13.8. The van der Waals surface area contributed by atoms with Crippen molar-refractivity contribution < 1.29 is 14.3 Å². The van der Waals surface area contributed by atoms with Crippen molar-refractivity contribution in [1.82, 2.24) is 14.4 Å². The molecular weight excluding hydrogens is 472 g/mol. The van der Waals surface area contributed by atoms with E-state index >= 15 is 0 Å². The fraction of sp³-hybridized carbons (Fsp3) is 0.360. The SMILES string of the molecule is CCC1c2cccn2-c2sc3c(c2CN1C(=O)Nc1cc(Cl)ccc1C(=O)OC)CCN(C)C3. The smallest absolute Gasteiger partial charge is 0.339 e. The van der Waals surface area contributed by atoms with E-state index < -0.39 is 5.97 Å². The van der Waals surface area contributed by atoms with Gasteiger partial charge >= 0.3 is 12.0 Å². The Balaban J connectivity index is 1.56. The number of hydrogen-bond acceptors (Lipinski definition) is 5. The summed E-state index contributed by atoms with van der Waals surface area (Å²) in [4.78, 5) is 31.6. The molecule has 2 aliphatic heterocycles. The van der Waals surface area contributed by atoms with Gasteiger partial charge in [-0.05, 0) is 55.8 Å². The number of carbonyl (C=O) groups is 2. The summed E-state index contributed by atoms with van der Waals surface area (Å²) in [6.45, 7) is 4.53. The minimum Gasteiger partial charge on any atom is -0.465 e. The molecule has 4 heterocycles. The summed E-state index contributed by atoms with van der Waals surface area (Å²) in [7, 11) is 3.46. The summed E-state index contributed by atoms with van der Waals surface area (Å²) in [5.41, 5.74) is 4.28. The maximum Gasteiger partial charge on any atom is 0.339 e. The average Bonchev–Trinajstić information content (AvgIpc) is 3.40. The van der Waals surface area contributed by atoms with Crippen molar-refractivity contribution in [2.45, 2.75) is 38.9 Å². The van der Waals surface area contributed by atoms with Crippen molar-refractivity contribution in [3.05, 3.63) is 68.8 Å². The molecule has 0 spiro atoms. The Labute approximate surface area is 207 Å². The molecule has 0 saturated carbocycles. The third-order valence-electron chi connectivity index (χ3n) is 6.66. The number of halogens is 1. The Morgan fingerprint density at radius 3 is 2.82 bits per heavy atom. The highest BCUT2D eigenvalue weighted by atomic mass is 35.5. The van der Waals surface area contributed by atoms with Gasteiger partial charge in [0.1, 0.15) is 5.00 Å². The number of urea groups is 1. The quantitative estimate of drug-likeness (QED) is 0.486. The van der Waals surface area contributed by atoms with E-state index in [-0.39, 0.29) is 17.6 Å². The van der Waals surface area contributed by atoms with E-state index in [1.165, 1.54) is 28.1 Å². The van der Waals surface area contributed by atoms with Gasteiger partial charge in [-0.3, -0.25) is 0 Å². The molecule has 1 aromatic carbocycles. The second-order valence-electron chi connectivity index (χ2n) is 8.74. The number of fused-ring (bicyclic) bond motifs is 5. The van der Waals surface area contributed by atoms with Gasteiger partial charge in [0.25, 0.3) is 0 Å². The van der Waals surface area contributed by atoms with Crippen molar-refractivity contribution >= 4 is 40.6 Å². The average molecular weight is 499 g/mol. The third-order valence-corrected chi connectivity index (χ3v) is 8.15. The lowest BCUT2D eigenvalue weighted by Crippen LogP contribution is -2.38. The van der Waals surface area contributed by atoms with Crippen molar-refractivity contribution in [3.8, 4) is 5.00 Å². The van der Waals surface area contributed by atoms with Crippen LogP contribution in [0.25, 0.3) is 5.00 Å². The standard InChI is InChI=1S/C25H27ClN4O3S/c1-4-20-21-6-5-10-29(21)23-18(16-9-11-28(2)14-22(16)34-23)13-30(20)25(32)27-19-12-15(26)7-8-17(19)24(31)33-3/h5-8,10,12,20H,4,9,11,13-14H2,1-3H3,(H,27,32). The van der Waals surface area contributed by atoms with Crippen molar-refractivity contribution in [1.29, 1.82) is 0 Å². The number of nitrogens with zero attached hydrogens (tertiary/aromatic N) is 3. The summed E-state index contributed by atoms with van der Waals surface area (Å²) >= 11 is 8.02. The van der Waals surface area contributed by atoms with E-state index in [1.54, 1.807) is 18.2 Å². The topological polar surface area (TPSA) is 66.8 Å². The van der Waals surface area contributed by atoms with Crippen LogP contribution in [-0.4, -0.2) is 47.1 Å². The molecule has 0 radical (unpaired) electrons. The molecule has 1 atom stereocenters. The maximum atomic E-state index is 13.8. The Kier molecular flexibility index (Phi) is 6.14. The van der Waals surface area contributed by atoms with Crippen LogP contribution in [0.5, 0.6) is 0 Å². The van der Waals surface area contributed by atoms with Gasteiger partial charge < -0.3 is 24.4 Å². The number of likely N-dealkylation sites (N-methyl/N-ethyl adjacent to an activating group) is 1. The van der Waals surface area contributed by atoms with Crippen LogP contribution in [-0.2, 0) is 24.2 Å². The van der Waals surface area contributed by atoms with Crippen LogP contribution < -0.4 is 5.32 Å². The third kappa shape index (κ3) is 3.89. The fourth-order valence-corrected chi connectivity index (χ4v) is 6.58. The minimum absolute atomic E-state index is 0.114. The Morgan fingerprint density at radius 1 is 1.24 bits per heavy atom. The summed E-state index contributed by atoms with van der Waals surface area (Å²) in [6.07, 6.45) is 3.83. The number of methoxy groups -OCH3 is 1. The molecule has 0 bridgehead atoms. The number of nitrogens with one attached hydrogen (secondary N) is 1. The fourth-order valence-electron chi connectivity index (χ4n) is 4.97. The lowest BCUT2D eigenvalue weighted by Gasteiger charge is -2.31. The number of ether oxygens (including phenoxy) is 1. The molecule has 0 aliphatic carbocycles. The Morgan fingerprint density at radius 2 is 2.06 bits per heavy atom. The zero-order valence-corrected chi connectivity index (χ0v) is 21.0. The van der Waals surface area contributed by atoms with Gasteiger partial charge in [-0.1, -0.05) is 18.5 Å². The highest BCUT2D eigenvalue weighted by molar-refractivity contribution is 7.15. The summed E-state index contributed by atoms with van der Waals surface area (Å²) < 4.78 is 7.15. The first-order valence-corrected chi connectivity index (χ1v) is 12.6. The number of amides is 2. The number of anilines is 1. The second-order valence-corrected chi connectivity index (χ2v) is 10.3. The normalized spacial score (nSPS) is 17.4. The van der Waals surface area contributed by atoms with Crippen LogP contribution in [0.1, 0.15) is 51.4 Å². The molecule has 0 saturated heterocycles. The Bertz CT molecular complexity index is 1270. The first kappa shape index (κ1) is 23.0. The summed E-state index contributed by atoms with van der Waals surface area (Å²) in [6, 6.07) is 8.51. The zero-order valence-electron chi connectivity index (χ0n) is 19.4.